The summed E-state index contributed by atoms with van der Waals surface area (Å²) >= 11 is 0. The molecule has 1 aliphatic rings. The summed E-state index contributed by atoms with van der Waals surface area (Å²) in [5, 5.41) is 18.6. The van der Waals surface area contributed by atoms with Gasteiger partial charge in [0.15, 0.2) is 0 Å². The Kier molecular flexibility index (Phi) is 4.70. The van der Waals surface area contributed by atoms with E-state index in [1.807, 2.05) is 42.1 Å². The van der Waals surface area contributed by atoms with Crippen molar-refractivity contribution in [3.05, 3.63) is 53.6 Å². The van der Waals surface area contributed by atoms with Gasteiger partial charge >= 0.3 is 0 Å². The fraction of sp³-hybridized carbons (Fsp3) is 0.364. The summed E-state index contributed by atoms with van der Waals surface area (Å²) in [6.07, 6.45) is 2.95. The van der Waals surface area contributed by atoms with Crippen LogP contribution in [0.2, 0.25) is 0 Å². The highest BCUT2D eigenvalue weighted by molar-refractivity contribution is 5.99. The number of amides is 1. The quantitative estimate of drug-likeness (QED) is 0.747. The Hall–Kier alpha value is -2.66. The van der Waals surface area contributed by atoms with Crippen molar-refractivity contribution in [1.82, 2.24) is 15.1 Å². The Morgan fingerprint density at radius 3 is 2.67 bits per heavy atom. The molecule has 0 saturated heterocycles. The average Bonchev–Trinajstić information content (AvgIpc) is 3.02. The van der Waals surface area contributed by atoms with Gasteiger partial charge in [-0.05, 0) is 56.4 Å². The second-order valence-corrected chi connectivity index (χ2v) is 7.50. The van der Waals surface area contributed by atoms with E-state index < -0.39 is 0 Å². The molecule has 5 heteroatoms. The van der Waals surface area contributed by atoms with Gasteiger partial charge in [-0.2, -0.15) is 5.10 Å². The maximum Gasteiger partial charge on any atom is 0.251 e. The van der Waals surface area contributed by atoms with Gasteiger partial charge < -0.3 is 10.4 Å². The molecule has 5 nitrogen and oxygen atoms in total. The van der Waals surface area contributed by atoms with Gasteiger partial charge in [0, 0.05) is 29.6 Å². The van der Waals surface area contributed by atoms with Crippen molar-refractivity contribution in [3.8, 4) is 11.3 Å². The van der Waals surface area contributed by atoms with Crippen molar-refractivity contribution in [2.24, 2.45) is 7.05 Å². The van der Waals surface area contributed by atoms with Gasteiger partial charge in [-0.15, -0.1) is 0 Å². The largest absolute Gasteiger partial charge is 0.393 e. The molecule has 140 valence electrons. The van der Waals surface area contributed by atoms with Crippen LogP contribution >= 0.6 is 0 Å². The van der Waals surface area contributed by atoms with Crippen molar-refractivity contribution < 1.29 is 9.90 Å². The minimum absolute atomic E-state index is 0.0600. The molecule has 0 bridgehead atoms. The van der Waals surface area contributed by atoms with Crippen LogP contribution in [-0.2, 0) is 7.05 Å². The Morgan fingerprint density at radius 2 is 1.89 bits per heavy atom. The number of fused-ring (bicyclic) bond motifs is 1. The maximum atomic E-state index is 12.7. The third-order valence-corrected chi connectivity index (χ3v) is 5.52. The van der Waals surface area contributed by atoms with Gasteiger partial charge in [0.1, 0.15) is 5.69 Å². The molecule has 0 radical (unpaired) electrons. The number of aryl methyl sites for hydroxylation is 2. The summed E-state index contributed by atoms with van der Waals surface area (Å²) in [4.78, 5) is 12.7. The molecule has 0 atom stereocenters. The normalized spacial score (nSPS) is 20.0. The number of aromatic nitrogens is 2. The molecule has 1 amide bonds. The van der Waals surface area contributed by atoms with E-state index >= 15 is 0 Å². The number of hydrogen-bond acceptors (Lipinski definition) is 3. The van der Waals surface area contributed by atoms with Gasteiger partial charge in [0.2, 0.25) is 0 Å². The molecule has 4 rings (SSSR count). The zero-order valence-electron chi connectivity index (χ0n) is 15.8. The van der Waals surface area contributed by atoms with Crippen molar-refractivity contribution in [1.29, 1.82) is 0 Å². The van der Waals surface area contributed by atoms with E-state index in [2.05, 4.69) is 24.4 Å². The zero-order valence-corrected chi connectivity index (χ0v) is 15.8. The van der Waals surface area contributed by atoms with Crippen LogP contribution in [-0.4, -0.2) is 32.9 Å². The maximum absolute atomic E-state index is 12.7. The van der Waals surface area contributed by atoms with E-state index in [0.717, 1.165) is 47.8 Å². The number of aliphatic hydroxyl groups is 1. The number of nitrogens with one attached hydrogen (secondary N) is 1. The minimum atomic E-state index is -0.220. The van der Waals surface area contributed by atoms with Crippen LogP contribution in [0.15, 0.2) is 42.5 Å². The SMILES string of the molecule is Cc1cccc2c1c(-c1cccc(C(=O)NC3CCC(O)CC3)c1)nn2C. The van der Waals surface area contributed by atoms with Crippen molar-refractivity contribution in [3.63, 3.8) is 0 Å². The Balaban J connectivity index is 1.63. The number of carbonyl (C=O) groups excluding carboxylic acids is 1. The fourth-order valence-corrected chi connectivity index (χ4v) is 3.98. The number of hydrogen-bond donors (Lipinski definition) is 2. The first-order valence-corrected chi connectivity index (χ1v) is 9.54. The van der Waals surface area contributed by atoms with E-state index in [9.17, 15) is 9.90 Å². The lowest BCUT2D eigenvalue weighted by atomic mass is 9.93. The summed E-state index contributed by atoms with van der Waals surface area (Å²) < 4.78 is 1.89. The van der Waals surface area contributed by atoms with Crippen LogP contribution in [0.1, 0.15) is 41.6 Å². The molecule has 2 aromatic carbocycles. The lowest BCUT2D eigenvalue weighted by Gasteiger charge is -2.26. The summed E-state index contributed by atoms with van der Waals surface area (Å²) in [5.74, 6) is -0.0600. The van der Waals surface area contributed by atoms with Gasteiger partial charge in [0.25, 0.3) is 5.91 Å². The molecule has 0 aliphatic heterocycles. The summed E-state index contributed by atoms with van der Waals surface area (Å²) in [6, 6.07) is 14.0. The summed E-state index contributed by atoms with van der Waals surface area (Å²) in [5.41, 5.74) is 4.75. The Morgan fingerprint density at radius 1 is 1.15 bits per heavy atom. The molecule has 2 N–H and O–H groups in total. The molecule has 1 aliphatic carbocycles. The molecule has 27 heavy (non-hydrogen) atoms. The monoisotopic (exact) mass is 363 g/mol. The molecule has 1 saturated carbocycles. The Bertz CT molecular complexity index is 984. The highest BCUT2D eigenvalue weighted by Gasteiger charge is 2.21. The first-order valence-electron chi connectivity index (χ1n) is 9.54. The number of benzene rings is 2. The van der Waals surface area contributed by atoms with Crippen molar-refractivity contribution >= 4 is 16.8 Å². The van der Waals surface area contributed by atoms with Crippen LogP contribution in [0.4, 0.5) is 0 Å². The van der Waals surface area contributed by atoms with Crippen LogP contribution < -0.4 is 5.32 Å². The van der Waals surface area contributed by atoms with Crippen LogP contribution in [0, 0.1) is 6.92 Å². The molecule has 1 fully saturated rings. The standard InChI is InChI=1S/C22H25N3O2/c1-14-5-3-8-19-20(14)21(24-25(19)2)15-6-4-7-16(13-15)22(27)23-17-9-11-18(26)12-10-17/h3-8,13,17-18,26H,9-12H2,1-2H3,(H,23,27). The fourth-order valence-electron chi connectivity index (χ4n) is 3.98. The lowest BCUT2D eigenvalue weighted by molar-refractivity contribution is 0.0867. The first-order chi connectivity index (χ1) is 13.0. The second-order valence-electron chi connectivity index (χ2n) is 7.50. The molecule has 0 spiro atoms. The second kappa shape index (κ2) is 7.16. The van der Waals surface area contributed by atoms with Crippen LogP contribution in [0.25, 0.3) is 22.2 Å². The van der Waals surface area contributed by atoms with Gasteiger partial charge in [-0.25, -0.2) is 0 Å². The van der Waals surface area contributed by atoms with E-state index in [0.29, 0.717) is 5.56 Å². The molecule has 3 aromatic rings. The average molecular weight is 363 g/mol. The zero-order chi connectivity index (χ0) is 19.0. The molecule has 1 aromatic heterocycles. The highest BCUT2D eigenvalue weighted by Crippen LogP contribution is 2.30. The van der Waals surface area contributed by atoms with E-state index in [1.54, 1.807) is 0 Å². The van der Waals surface area contributed by atoms with Gasteiger partial charge in [-0.3, -0.25) is 9.48 Å². The predicted molar refractivity (Wildman–Crippen MR) is 107 cm³/mol. The van der Waals surface area contributed by atoms with E-state index in [1.165, 1.54) is 5.56 Å². The molecular formula is C22H25N3O2. The van der Waals surface area contributed by atoms with E-state index in [4.69, 9.17) is 5.10 Å². The third kappa shape index (κ3) is 3.47. The van der Waals surface area contributed by atoms with Crippen molar-refractivity contribution in [2.75, 3.05) is 0 Å². The topological polar surface area (TPSA) is 67.2 Å². The Labute approximate surface area is 159 Å². The summed E-state index contributed by atoms with van der Waals surface area (Å²) in [6.45, 7) is 2.08. The first kappa shape index (κ1) is 17.7. The predicted octanol–water partition coefficient (Wildman–Crippen LogP) is 3.58. The lowest BCUT2D eigenvalue weighted by Crippen LogP contribution is -2.38. The number of rotatable bonds is 3. The van der Waals surface area contributed by atoms with Crippen LogP contribution in [0.5, 0.6) is 0 Å². The number of carbonyl (C=O) groups is 1. The number of aliphatic hydroxyl groups excluding tert-OH is 1. The van der Waals surface area contributed by atoms with Crippen LogP contribution in [0.3, 0.4) is 0 Å². The molecule has 1 heterocycles. The third-order valence-electron chi connectivity index (χ3n) is 5.52. The number of nitrogens with zero attached hydrogens (tertiary/aromatic N) is 2. The summed E-state index contributed by atoms with van der Waals surface area (Å²) in [7, 11) is 1.94. The van der Waals surface area contributed by atoms with Crippen molar-refractivity contribution in [2.45, 2.75) is 44.8 Å². The smallest absolute Gasteiger partial charge is 0.251 e. The highest BCUT2D eigenvalue weighted by atomic mass is 16.3. The molecular weight excluding hydrogens is 338 g/mol. The minimum Gasteiger partial charge on any atom is -0.393 e. The van der Waals surface area contributed by atoms with Gasteiger partial charge in [-0.1, -0.05) is 24.3 Å². The molecule has 0 unspecified atom stereocenters. The van der Waals surface area contributed by atoms with E-state index in [-0.39, 0.29) is 18.1 Å². The van der Waals surface area contributed by atoms with Gasteiger partial charge in [0.05, 0.1) is 11.6 Å².